The van der Waals surface area contributed by atoms with Gasteiger partial charge in [0.2, 0.25) is 0 Å². The Hall–Kier alpha value is -1.49. The molecule has 0 saturated carbocycles. The summed E-state index contributed by atoms with van der Waals surface area (Å²) in [5.41, 5.74) is 8.27. The molecular formula is C14H17F3N2. The van der Waals surface area contributed by atoms with E-state index in [2.05, 4.69) is 0 Å². The lowest BCUT2D eigenvalue weighted by Gasteiger charge is -2.29. The minimum absolute atomic E-state index is 0.0428. The molecule has 0 bridgehead atoms. The van der Waals surface area contributed by atoms with Gasteiger partial charge in [-0.3, -0.25) is 0 Å². The van der Waals surface area contributed by atoms with Gasteiger partial charge in [0.15, 0.2) is 0 Å². The fourth-order valence-corrected chi connectivity index (χ4v) is 2.27. The van der Waals surface area contributed by atoms with E-state index in [0.29, 0.717) is 19.6 Å². The third-order valence-electron chi connectivity index (χ3n) is 3.48. The Balaban J connectivity index is 2.14. The van der Waals surface area contributed by atoms with Crippen molar-refractivity contribution in [2.75, 3.05) is 18.0 Å². The van der Waals surface area contributed by atoms with E-state index in [9.17, 15) is 13.2 Å². The molecule has 1 aliphatic heterocycles. The topological polar surface area (TPSA) is 29.3 Å². The van der Waals surface area contributed by atoms with Crippen LogP contribution < -0.4 is 10.6 Å². The number of hydrogen-bond donors (Lipinski definition) is 1. The Morgan fingerprint density at radius 1 is 1.32 bits per heavy atom. The van der Waals surface area contributed by atoms with Gasteiger partial charge in [0, 0.05) is 30.9 Å². The Morgan fingerprint density at radius 3 is 2.53 bits per heavy atom. The van der Waals surface area contributed by atoms with Crippen LogP contribution in [0.25, 0.3) is 0 Å². The second-order valence-corrected chi connectivity index (χ2v) is 4.74. The second-order valence-electron chi connectivity index (χ2n) is 4.74. The predicted octanol–water partition coefficient (Wildman–Crippen LogP) is 3.15. The van der Waals surface area contributed by atoms with Crippen molar-refractivity contribution in [2.45, 2.75) is 26.1 Å². The summed E-state index contributed by atoms with van der Waals surface area (Å²) in [7, 11) is 0. The van der Waals surface area contributed by atoms with E-state index in [0.717, 1.165) is 16.8 Å². The molecule has 2 rings (SSSR count). The number of nitrogens with zero attached hydrogens (tertiary/aromatic N) is 1. The van der Waals surface area contributed by atoms with Crippen LogP contribution in [0.3, 0.4) is 0 Å². The van der Waals surface area contributed by atoms with Crippen LogP contribution in [-0.2, 0) is 6.54 Å². The fourth-order valence-electron chi connectivity index (χ4n) is 2.27. The maximum atomic E-state index is 12.5. The molecule has 19 heavy (non-hydrogen) atoms. The summed E-state index contributed by atoms with van der Waals surface area (Å²) in [6.07, 6.45) is -2.87. The van der Waals surface area contributed by atoms with Gasteiger partial charge in [0.25, 0.3) is 0 Å². The smallest absolute Gasteiger partial charge is 0.367 e. The van der Waals surface area contributed by atoms with Crippen molar-refractivity contribution in [1.82, 2.24) is 0 Å². The molecule has 1 aromatic rings. The van der Waals surface area contributed by atoms with E-state index in [1.807, 2.05) is 30.0 Å². The molecule has 0 fully saturated rings. The zero-order chi connectivity index (χ0) is 14.0. The van der Waals surface area contributed by atoms with Crippen LogP contribution in [0.5, 0.6) is 0 Å². The number of alkyl halides is 3. The maximum absolute atomic E-state index is 12.5. The van der Waals surface area contributed by atoms with Crippen molar-refractivity contribution in [3.8, 4) is 0 Å². The van der Waals surface area contributed by atoms with Crippen LogP contribution in [0.4, 0.5) is 18.9 Å². The first kappa shape index (κ1) is 13.9. The summed E-state index contributed by atoms with van der Waals surface area (Å²) >= 11 is 0. The Morgan fingerprint density at radius 2 is 2.05 bits per heavy atom. The molecule has 5 heteroatoms. The summed E-state index contributed by atoms with van der Waals surface area (Å²) in [6.45, 7) is 3.14. The predicted molar refractivity (Wildman–Crippen MR) is 70.0 cm³/mol. The number of halogens is 3. The van der Waals surface area contributed by atoms with Gasteiger partial charge in [-0.2, -0.15) is 13.2 Å². The lowest BCUT2D eigenvalue weighted by Crippen LogP contribution is -2.31. The van der Waals surface area contributed by atoms with Crippen LogP contribution in [0.1, 0.15) is 17.5 Å². The molecule has 0 aliphatic carbocycles. The molecule has 2 nitrogen and oxygen atoms in total. The summed E-state index contributed by atoms with van der Waals surface area (Å²) < 4.78 is 37.6. The zero-order valence-corrected chi connectivity index (χ0v) is 10.8. The number of nitrogens with two attached hydrogens (primary N) is 1. The van der Waals surface area contributed by atoms with Gasteiger partial charge in [-0.15, -0.1) is 0 Å². The van der Waals surface area contributed by atoms with Gasteiger partial charge in [0.1, 0.15) is 0 Å². The van der Waals surface area contributed by atoms with Crippen molar-refractivity contribution in [3.63, 3.8) is 0 Å². The third-order valence-corrected chi connectivity index (χ3v) is 3.48. The van der Waals surface area contributed by atoms with E-state index >= 15 is 0 Å². The first-order chi connectivity index (χ1) is 8.91. The molecule has 104 valence electrons. The summed E-state index contributed by atoms with van der Waals surface area (Å²) in [5, 5.41) is 0. The third kappa shape index (κ3) is 3.10. The molecule has 1 aliphatic rings. The molecular weight excluding hydrogens is 253 g/mol. The summed E-state index contributed by atoms with van der Waals surface area (Å²) in [4.78, 5) is 1.95. The van der Waals surface area contributed by atoms with E-state index in [1.54, 1.807) is 0 Å². The SMILES string of the molecule is Cc1cc(N2CC=C(C(F)(F)F)CC2)ccc1CN. The van der Waals surface area contributed by atoms with Gasteiger partial charge >= 0.3 is 6.18 Å². The minimum atomic E-state index is -4.19. The largest absolute Gasteiger partial charge is 0.412 e. The highest BCUT2D eigenvalue weighted by Gasteiger charge is 2.34. The molecule has 0 radical (unpaired) electrons. The second kappa shape index (κ2) is 5.25. The molecule has 0 spiro atoms. The van der Waals surface area contributed by atoms with Gasteiger partial charge in [0.05, 0.1) is 0 Å². The van der Waals surface area contributed by atoms with Crippen LogP contribution in [0.15, 0.2) is 29.8 Å². The molecule has 1 aromatic carbocycles. The normalized spacial score (nSPS) is 16.5. The van der Waals surface area contributed by atoms with Gasteiger partial charge in [-0.05, 0) is 36.6 Å². The lowest BCUT2D eigenvalue weighted by atomic mass is 10.0. The first-order valence-corrected chi connectivity index (χ1v) is 6.22. The van der Waals surface area contributed by atoms with Crippen LogP contribution in [0.2, 0.25) is 0 Å². The Kier molecular flexibility index (Phi) is 3.85. The number of hydrogen-bond acceptors (Lipinski definition) is 2. The Bertz CT molecular complexity index is 492. The molecule has 0 atom stereocenters. The number of rotatable bonds is 2. The fraction of sp³-hybridized carbons (Fsp3) is 0.429. The highest BCUT2D eigenvalue weighted by atomic mass is 19.4. The van der Waals surface area contributed by atoms with Crippen molar-refractivity contribution >= 4 is 5.69 Å². The standard InChI is InChI=1S/C14H17F3N2/c1-10-8-13(3-2-11(10)9-18)19-6-4-12(5-7-19)14(15,16)17/h2-4,8H,5-7,9,18H2,1H3. The first-order valence-electron chi connectivity index (χ1n) is 6.22. The average Bonchev–Trinajstić information content (AvgIpc) is 2.38. The number of anilines is 1. The minimum Gasteiger partial charge on any atom is -0.367 e. The van der Waals surface area contributed by atoms with E-state index in [4.69, 9.17) is 5.73 Å². The lowest BCUT2D eigenvalue weighted by molar-refractivity contribution is -0.0943. The Labute approximate surface area is 110 Å². The molecule has 0 amide bonds. The van der Waals surface area contributed by atoms with Crippen LogP contribution in [0, 0.1) is 6.92 Å². The summed E-state index contributed by atoms with van der Waals surface area (Å²) in [6, 6.07) is 5.84. The van der Waals surface area contributed by atoms with Gasteiger partial charge in [-0.1, -0.05) is 12.1 Å². The van der Waals surface area contributed by atoms with Crippen molar-refractivity contribution in [1.29, 1.82) is 0 Å². The summed E-state index contributed by atoms with van der Waals surface area (Å²) in [5.74, 6) is 0. The molecule has 0 aromatic heterocycles. The maximum Gasteiger partial charge on any atom is 0.412 e. The number of aryl methyl sites for hydroxylation is 1. The van der Waals surface area contributed by atoms with Gasteiger partial charge in [-0.25, -0.2) is 0 Å². The van der Waals surface area contributed by atoms with Crippen molar-refractivity contribution in [3.05, 3.63) is 41.0 Å². The van der Waals surface area contributed by atoms with Crippen LogP contribution >= 0.6 is 0 Å². The van der Waals surface area contributed by atoms with Crippen molar-refractivity contribution < 1.29 is 13.2 Å². The van der Waals surface area contributed by atoms with E-state index < -0.39 is 11.7 Å². The molecule has 1 heterocycles. The molecule has 0 saturated heterocycles. The van der Waals surface area contributed by atoms with Crippen LogP contribution in [-0.4, -0.2) is 19.3 Å². The molecule has 0 unspecified atom stereocenters. The van der Waals surface area contributed by atoms with E-state index in [1.165, 1.54) is 6.08 Å². The van der Waals surface area contributed by atoms with Crippen molar-refractivity contribution in [2.24, 2.45) is 5.73 Å². The van der Waals surface area contributed by atoms with Gasteiger partial charge < -0.3 is 10.6 Å². The van der Waals surface area contributed by atoms with E-state index in [-0.39, 0.29) is 6.42 Å². The highest BCUT2D eigenvalue weighted by Crippen LogP contribution is 2.31. The monoisotopic (exact) mass is 270 g/mol. The molecule has 2 N–H and O–H groups in total. The quantitative estimate of drug-likeness (QED) is 0.836. The number of benzene rings is 1. The highest BCUT2D eigenvalue weighted by molar-refractivity contribution is 5.52. The zero-order valence-electron chi connectivity index (χ0n) is 10.8. The average molecular weight is 270 g/mol.